The van der Waals surface area contributed by atoms with E-state index in [-0.39, 0.29) is 11.2 Å². The van der Waals surface area contributed by atoms with Gasteiger partial charge in [-0.1, -0.05) is 6.07 Å². The van der Waals surface area contributed by atoms with E-state index < -0.39 is 0 Å². The Hall–Kier alpha value is -1.83. The number of hydrogen-bond donors (Lipinski definition) is 1. The Morgan fingerprint density at radius 1 is 1.25 bits per heavy atom. The van der Waals surface area contributed by atoms with Gasteiger partial charge >= 0.3 is 0 Å². The van der Waals surface area contributed by atoms with E-state index in [4.69, 9.17) is 4.74 Å². The number of nitrogens with one attached hydrogen (secondary N) is 1. The molecule has 0 aliphatic heterocycles. The number of carbonyl (C=O) groups is 1. The van der Waals surface area contributed by atoms with Crippen molar-refractivity contribution in [3.05, 3.63) is 47.2 Å². The van der Waals surface area contributed by atoms with Crippen LogP contribution >= 0.6 is 34.4 Å². The summed E-state index contributed by atoms with van der Waals surface area (Å²) >= 11 is 4.58. The van der Waals surface area contributed by atoms with E-state index in [1.165, 1.54) is 23.1 Å². The second-order valence-corrected chi connectivity index (χ2v) is 8.16. The highest BCUT2D eigenvalue weighted by molar-refractivity contribution is 8.00. The minimum atomic E-state index is -0.215. The minimum Gasteiger partial charge on any atom is -0.497 e. The first-order chi connectivity index (χ1) is 11.7. The first kappa shape index (κ1) is 17.0. The number of hydrogen-bond acceptors (Lipinski definition) is 6. The van der Waals surface area contributed by atoms with Gasteiger partial charge in [0, 0.05) is 10.3 Å². The van der Waals surface area contributed by atoms with Crippen molar-refractivity contribution in [2.24, 2.45) is 0 Å². The van der Waals surface area contributed by atoms with Crippen molar-refractivity contribution in [1.29, 1.82) is 0 Å². The minimum absolute atomic E-state index is 0.0529. The number of amides is 1. The second kappa shape index (κ2) is 7.83. The summed E-state index contributed by atoms with van der Waals surface area (Å²) in [7, 11) is 1.64. The van der Waals surface area contributed by atoms with Gasteiger partial charge in [0.2, 0.25) is 5.91 Å². The van der Waals surface area contributed by atoms with E-state index in [1.807, 2.05) is 54.1 Å². The number of thiazole rings is 1. The van der Waals surface area contributed by atoms with Crippen LogP contribution in [0.15, 0.2) is 52.1 Å². The topological polar surface area (TPSA) is 51.2 Å². The van der Waals surface area contributed by atoms with Crippen molar-refractivity contribution in [2.75, 3.05) is 12.4 Å². The van der Waals surface area contributed by atoms with Gasteiger partial charge in [0.15, 0.2) is 5.13 Å². The van der Waals surface area contributed by atoms with E-state index in [1.54, 1.807) is 18.4 Å². The van der Waals surface area contributed by atoms with Crippen molar-refractivity contribution in [3.8, 4) is 16.3 Å². The molecule has 0 fully saturated rings. The monoisotopic (exact) mass is 376 g/mol. The van der Waals surface area contributed by atoms with Gasteiger partial charge in [-0.15, -0.1) is 34.4 Å². The molecule has 0 spiro atoms. The lowest BCUT2D eigenvalue weighted by Crippen LogP contribution is -2.22. The SMILES string of the molecule is COc1ccc(SC(C)C(=O)Nc2nc(-c3cccs3)cs2)cc1. The fourth-order valence-corrected chi connectivity index (χ4v) is 4.33. The molecule has 0 aliphatic carbocycles. The maximum absolute atomic E-state index is 12.3. The summed E-state index contributed by atoms with van der Waals surface area (Å²) in [6, 6.07) is 11.7. The Balaban J connectivity index is 1.59. The van der Waals surface area contributed by atoms with Crippen LogP contribution < -0.4 is 10.1 Å². The van der Waals surface area contributed by atoms with Crippen LogP contribution in [0.2, 0.25) is 0 Å². The summed E-state index contributed by atoms with van der Waals surface area (Å²) in [5.74, 6) is 0.753. The number of nitrogens with zero attached hydrogens (tertiary/aromatic N) is 1. The molecule has 0 saturated heterocycles. The Kier molecular flexibility index (Phi) is 5.55. The van der Waals surface area contributed by atoms with Gasteiger partial charge in [-0.25, -0.2) is 4.98 Å². The maximum atomic E-state index is 12.3. The molecule has 2 heterocycles. The molecule has 2 aromatic heterocycles. The molecule has 3 rings (SSSR count). The van der Waals surface area contributed by atoms with E-state index in [0.717, 1.165) is 21.2 Å². The lowest BCUT2D eigenvalue weighted by Gasteiger charge is -2.10. The second-order valence-electron chi connectivity index (χ2n) is 4.94. The summed E-state index contributed by atoms with van der Waals surface area (Å²) in [5, 5.41) is 7.28. The first-order valence-electron chi connectivity index (χ1n) is 7.26. The molecule has 3 aromatic rings. The highest BCUT2D eigenvalue weighted by atomic mass is 32.2. The molecular weight excluding hydrogens is 360 g/mol. The molecule has 124 valence electrons. The number of ether oxygens (including phenoxy) is 1. The lowest BCUT2D eigenvalue weighted by atomic mass is 10.3. The lowest BCUT2D eigenvalue weighted by molar-refractivity contribution is -0.115. The van der Waals surface area contributed by atoms with Crippen LogP contribution in [-0.4, -0.2) is 23.3 Å². The molecule has 0 saturated carbocycles. The number of rotatable bonds is 6. The summed E-state index contributed by atoms with van der Waals surface area (Å²) in [6.07, 6.45) is 0. The Morgan fingerprint density at radius 2 is 2.04 bits per heavy atom. The van der Waals surface area contributed by atoms with Gasteiger partial charge < -0.3 is 10.1 Å². The van der Waals surface area contributed by atoms with Crippen molar-refractivity contribution in [3.63, 3.8) is 0 Å². The van der Waals surface area contributed by atoms with Crippen molar-refractivity contribution in [2.45, 2.75) is 17.1 Å². The Bertz CT molecular complexity index is 798. The molecule has 0 radical (unpaired) electrons. The van der Waals surface area contributed by atoms with Crippen molar-refractivity contribution < 1.29 is 9.53 Å². The van der Waals surface area contributed by atoms with Crippen LogP contribution in [0.5, 0.6) is 5.75 Å². The zero-order valence-electron chi connectivity index (χ0n) is 13.2. The highest BCUT2D eigenvalue weighted by Gasteiger charge is 2.16. The molecule has 1 N–H and O–H groups in total. The predicted octanol–water partition coefficient (Wildman–Crippen LogP) is 5.00. The van der Waals surface area contributed by atoms with Gasteiger partial charge in [0.05, 0.1) is 22.9 Å². The van der Waals surface area contributed by atoms with Crippen molar-refractivity contribution >= 4 is 45.5 Å². The summed E-state index contributed by atoms with van der Waals surface area (Å²) in [4.78, 5) is 19.0. The smallest absolute Gasteiger partial charge is 0.239 e. The van der Waals surface area contributed by atoms with E-state index in [9.17, 15) is 4.79 Å². The number of benzene rings is 1. The number of thioether (sulfide) groups is 1. The number of methoxy groups -OCH3 is 1. The number of aromatic nitrogens is 1. The number of thiophene rings is 1. The van der Waals surface area contributed by atoms with Crippen LogP contribution in [0.3, 0.4) is 0 Å². The zero-order chi connectivity index (χ0) is 16.9. The molecule has 1 amide bonds. The van der Waals surface area contributed by atoms with Crippen LogP contribution in [0.4, 0.5) is 5.13 Å². The average molecular weight is 377 g/mol. The Labute approximate surface area is 152 Å². The van der Waals surface area contributed by atoms with Gasteiger partial charge in [-0.05, 0) is 42.6 Å². The molecular formula is C17H16N2O2S3. The predicted molar refractivity (Wildman–Crippen MR) is 102 cm³/mol. The molecule has 1 atom stereocenters. The van der Waals surface area contributed by atoms with E-state index >= 15 is 0 Å². The van der Waals surface area contributed by atoms with Gasteiger partial charge in [0.25, 0.3) is 0 Å². The van der Waals surface area contributed by atoms with Crippen LogP contribution in [0.25, 0.3) is 10.6 Å². The summed E-state index contributed by atoms with van der Waals surface area (Å²) < 4.78 is 5.14. The van der Waals surface area contributed by atoms with Crippen LogP contribution in [0.1, 0.15) is 6.92 Å². The quantitative estimate of drug-likeness (QED) is 0.615. The molecule has 24 heavy (non-hydrogen) atoms. The van der Waals surface area contributed by atoms with E-state index in [2.05, 4.69) is 10.3 Å². The highest BCUT2D eigenvalue weighted by Crippen LogP contribution is 2.30. The zero-order valence-corrected chi connectivity index (χ0v) is 15.6. The number of carbonyl (C=O) groups excluding carboxylic acids is 1. The molecule has 4 nitrogen and oxygen atoms in total. The van der Waals surface area contributed by atoms with Crippen molar-refractivity contribution in [1.82, 2.24) is 4.98 Å². The summed E-state index contributed by atoms with van der Waals surface area (Å²) in [6.45, 7) is 1.89. The summed E-state index contributed by atoms with van der Waals surface area (Å²) in [5.41, 5.74) is 0.903. The fourth-order valence-electron chi connectivity index (χ4n) is 1.99. The molecule has 1 aromatic carbocycles. The normalized spacial score (nSPS) is 11.9. The first-order valence-corrected chi connectivity index (χ1v) is 9.90. The maximum Gasteiger partial charge on any atom is 0.239 e. The average Bonchev–Trinajstić information content (AvgIpc) is 3.26. The van der Waals surface area contributed by atoms with Crippen LogP contribution in [0, 0.1) is 0 Å². The largest absolute Gasteiger partial charge is 0.497 e. The number of anilines is 1. The third-order valence-electron chi connectivity index (χ3n) is 3.25. The molecule has 0 aliphatic rings. The fraction of sp³-hybridized carbons (Fsp3) is 0.176. The Morgan fingerprint density at radius 3 is 2.71 bits per heavy atom. The van der Waals surface area contributed by atoms with Gasteiger partial charge in [-0.3, -0.25) is 4.79 Å². The van der Waals surface area contributed by atoms with E-state index in [0.29, 0.717) is 5.13 Å². The van der Waals surface area contributed by atoms with Gasteiger partial charge in [-0.2, -0.15) is 0 Å². The molecule has 0 bridgehead atoms. The third-order valence-corrected chi connectivity index (χ3v) is 6.01. The molecule has 7 heteroatoms. The third kappa shape index (κ3) is 4.17. The standard InChI is InChI=1S/C17H16N2O2S3/c1-11(24-13-7-5-12(21-2)6-8-13)16(20)19-17-18-14(10-23-17)15-4-3-9-22-15/h3-11H,1-2H3,(H,18,19,20). The van der Waals surface area contributed by atoms with Crippen LogP contribution in [-0.2, 0) is 4.79 Å². The van der Waals surface area contributed by atoms with Gasteiger partial charge in [0.1, 0.15) is 5.75 Å². The molecule has 1 unspecified atom stereocenters.